The van der Waals surface area contributed by atoms with Gasteiger partial charge in [-0.3, -0.25) is 4.79 Å². The number of carbonyl (C=O) groups excluding carboxylic acids is 1. The highest BCUT2D eigenvalue weighted by Crippen LogP contribution is 2.27. The van der Waals surface area contributed by atoms with Gasteiger partial charge in [0.2, 0.25) is 0 Å². The number of hydrogen-bond donors (Lipinski definition) is 2. The first kappa shape index (κ1) is 13.9. The number of hydrogen-bond acceptors (Lipinski definition) is 4. The Labute approximate surface area is 128 Å². The summed E-state index contributed by atoms with van der Waals surface area (Å²) in [5.41, 5.74) is 4.53. The Hall–Kier alpha value is -3.08. The van der Waals surface area contributed by atoms with Crippen molar-refractivity contribution in [1.82, 2.24) is 5.43 Å². The number of benzene rings is 2. The van der Waals surface area contributed by atoms with E-state index in [2.05, 4.69) is 15.8 Å². The molecule has 0 bridgehead atoms. The van der Waals surface area contributed by atoms with Gasteiger partial charge in [0.15, 0.2) is 5.75 Å². The van der Waals surface area contributed by atoms with Crippen molar-refractivity contribution >= 4 is 17.8 Å². The number of amides is 1. The van der Waals surface area contributed by atoms with Gasteiger partial charge >= 0.3 is 0 Å². The van der Waals surface area contributed by atoms with E-state index in [1.807, 2.05) is 48.5 Å². The molecule has 22 heavy (non-hydrogen) atoms. The zero-order chi connectivity index (χ0) is 15.2. The van der Waals surface area contributed by atoms with Crippen LogP contribution in [0, 0.1) is 0 Å². The van der Waals surface area contributed by atoms with Crippen LogP contribution in [0.2, 0.25) is 0 Å². The Morgan fingerprint density at radius 3 is 2.73 bits per heavy atom. The predicted molar refractivity (Wildman–Crippen MR) is 85.8 cm³/mol. The third-order valence-electron chi connectivity index (χ3n) is 3.04. The standard InChI is InChI=1S/C17H15N3O2/c21-17-10-14(22-16-9-5-4-8-15(16)20-17)12-19-18-11-13-6-2-1-3-7-13/h1-11,19H,12H2,(H,20,21)/b18-11+. The maximum atomic E-state index is 11.8. The van der Waals surface area contributed by atoms with Gasteiger partial charge in [-0.15, -0.1) is 0 Å². The van der Waals surface area contributed by atoms with E-state index < -0.39 is 0 Å². The molecule has 2 aromatic rings. The number of nitrogens with zero attached hydrogens (tertiary/aromatic N) is 1. The third-order valence-corrected chi connectivity index (χ3v) is 3.04. The maximum Gasteiger partial charge on any atom is 0.251 e. The van der Waals surface area contributed by atoms with E-state index in [4.69, 9.17) is 4.74 Å². The molecule has 3 rings (SSSR count). The normalized spacial score (nSPS) is 13.6. The average molecular weight is 293 g/mol. The van der Waals surface area contributed by atoms with Crippen LogP contribution in [0.25, 0.3) is 0 Å². The van der Waals surface area contributed by atoms with E-state index in [0.29, 0.717) is 23.7 Å². The summed E-state index contributed by atoms with van der Waals surface area (Å²) in [6.45, 7) is 0.324. The van der Waals surface area contributed by atoms with Crippen LogP contribution in [0.5, 0.6) is 5.75 Å². The second kappa shape index (κ2) is 6.58. The molecule has 1 amide bonds. The summed E-state index contributed by atoms with van der Waals surface area (Å²) in [7, 11) is 0. The van der Waals surface area contributed by atoms with Crippen LogP contribution >= 0.6 is 0 Å². The first-order valence-electron chi connectivity index (χ1n) is 6.91. The van der Waals surface area contributed by atoms with Gasteiger partial charge in [-0.1, -0.05) is 42.5 Å². The number of ether oxygens (including phenoxy) is 1. The largest absolute Gasteiger partial charge is 0.457 e. The second-order valence-corrected chi connectivity index (χ2v) is 4.70. The van der Waals surface area contributed by atoms with E-state index in [1.54, 1.807) is 12.3 Å². The summed E-state index contributed by atoms with van der Waals surface area (Å²) in [4.78, 5) is 11.8. The summed E-state index contributed by atoms with van der Waals surface area (Å²) < 4.78 is 5.72. The topological polar surface area (TPSA) is 62.7 Å². The Kier molecular flexibility index (Phi) is 4.15. The lowest BCUT2D eigenvalue weighted by Gasteiger charge is -2.09. The van der Waals surface area contributed by atoms with E-state index >= 15 is 0 Å². The molecule has 0 fully saturated rings. The highest BCUT2D eigenvalue weighted by Gasteiger charge is 2.14. The molecule has 1 aliphatic rings. The summed E-state index contributed by atoms with van der Waals surface area (Å²) in [5.74, 6) is 0.912. The van der Waals surface area contributed by atoms with Crippen LogP contribution < -0.4 is 15.5 Å². The second-order valence-electron chi connectivity index (χ2n) is 4.70. The van der Waals surface area contributed by atoms with Crippen molar-refractivity contribution in [2.45, 2.75) is 0 Å². The van der Waals surface area contributed by atoms with Crippen LogP contribution in [-0.4, -0.2) is 18.7 Å². The van der Waals surface area contributed by atoms with Crippen LogP contribution in [0.1, 0.15) is 5.56 Å². The van der Waals surface area contributed by atoms with Crippen LogP contribution in [0.4, 0.5) is 5.69 Å². The van der Waals surface area contributed by atoms with E-state index in [0.717, 1.165) is 5.56 Å². The highest BCUT2D eigenvalue weighted by atomic mass is 16.5. The molecule has 0 saturated carbocycles. The fourth-order valence-corrected chi connectivity index (χ4v) is 2.01. The molecule has 5 nitrogen and oxygen atoms in total. The molecule has 5 heteroatoms. The first-order valence-corrected chi connectivity index (χ1v) is 6.91. The van der Waals surface area contributed by atoms with Crippen molar-refractivity contribution in [1.29, 1.82) is 0 Å². The lowest BCUT2D eigenvalue weighted by atomic mass is 10.2. The van der Waals surface area contributed by atoms with Gasteiger partial charge in [-0.25, -0.2) is 0 Å². The van der Waals surface area contributed by atoms with Gasteiger partial charge in [-0.05, 0) is 17.7 Å². The van der Waals surface area contributed by atoms with Crippen molar-refractivity contribution in [2.24, 2.45) is 5.10 Å². The molecule has 2 N–H and O–H groups in total. The molecule has 0 radical (unpaired) electrons. The van der Waals surface area contributed by atoms with Gasteiger partial charge in [0.05, 0.1) is 18.4 Å². The molecule has 0 aliphatic carbocycles. The molecule has 1 heterocycles. The minimum atomic E-state index is -0.214. The van der Waals surface area contributed by atoms with E-state index in [1.165, 1.54) is 6.08 Å². The van der Waals surface area contributed by atoms with Gasteiger partial charge in [0.25, 0.3) is 5.91 Å². The fraction of sp³-hybridized carbons (Fsp3) is 0.0588. The van der Waals surface area contributed by atoms with Gasteiger partial charge in [0, 0.05) is 6.08 Å². The van der Waals surface area contributed by atoms with Gasteiger partial charge in [0.1, 0.15) is 5.76 Å². The van der Waals surface area contributed by atoms with E-state index in [9.17, 15) is 4.79 Å². The molecule has 110 valence electrons. The number of hydrazone groups is 1. The molecular weight excluding hydrogens is 278 g/mol. The Morgan fingerprint density at radius 2 is 1.86 bits per heavy atom. The number of nitrogens with one attached hydrogen (secondary N) is 2. The maximum absolute atomic E-state index is 11.8. The Bertz CT molecular complexity index is 724. The number of anilines is 1. The predicted octanol–water partition coefficient (Wildman–Crippen LogP) is 2.53. The number of carbonyl (C=O) groups is 1. The third kappa shape index (κ3) is 3.52. The molecule has 0 saturated heterocycles. The summed E-state index contributed by atoms with van der Waals surface area (Å²) in [6.07, 6.45) is 3.14. The van der Waals surface area contributed by atoms with Crippen molar-refractivity contribution in [3.63, 3.8) is 0 Å². The summed E-state index contributed by atoms with van der Waals surface area (Å²) in [5, 5.41) is 6.88. The molecule has 0 unspecified atom stereocenters. The molecule has 0 atom stereocenters. The van der Waals surface area contributed by atoms with Crippen molar-refractivity contribution in [3.05, 3.63) is 72.0 Å². The SMILES string of the molecule is O=C1C=C(CN/N=C/c2ccccc2)Oc2ccccc2N1. The van der Waals surface area contributed by atoms with Gasteiger partial charge < -0.3 is 15.5 Å². The number of para-hydroxylation sites is 2. The zero-order valence-electron chi connectivity index (χ0n) is 11.8. The smallest absolute Gasteiger partial charge is 0.251 e. The summed E-state index contributed by atoms with van der Waals surface area (Å²) >= 11 is 0. The molecule has 0 aromatic heterocycles. The lowest BCUT2D eigenvalue weighted by molar-refractivity contribution is -0.112. The van der Waals surface area contributed by atoms with Crippen LogP contribution in [-0.2, 0) is 4.79 Å². The lowest BCUT2D eigenvalue weighted by Crippen LogP contribution is -2.15. The zero-order valence-corrected chi connectivity index (χ0v) is 11.8. The molecular formula is C17H15N3O2. The highest BCUT2D eigenvalue weighted by molar-refractivity contribution is 6.01. The molecule has 0 spiro atoms. The number of rotatable bonds is 4. The Morgan fingerprint density at radius 1 is 1.09 bits per heavy atom. The van der Waals surface area contributed by atoms with E-state index in [-0.39, 0.29) is 5.91 Å². The van der Waals surface area contributed by atoms with Gasteiger partial charge in [-0.2, -0.15) is 5.10 Å². The van der Waals surface area contributed by atoms with Crippen molar-refractivity contribution in [2.75, 3.05) is 11.9 Å². The number of fused-ring (bicyclic) bond motifs is 1. The quantitative estimate of drug-likeness (QED) is 0.672. The fourth-order valence-electron chi connectivity index (χ4n) is 2.01. The average Bonchev–Trinajstić information content (AvgIpc) is 2.70. The van der Waals surface area contributed by atoms with Crippen molar-refractivity contribution < 1.29 is 9.53 Å². The van der Waals surface area contributed by atoms with Crippen molar-refractivity contribution in [3.8, 4) is 5.75 Å². The van der Waals surface area contributed by atoms with Crippen LogP contribution in [0.15, 0.2) is 71.5 Å². The molecule has 1 aliphatic heterocycles. The summed E-state index contributed by atoms with van der Waals surface area (Å²) in [6, 6.07) is 17.1. The Balaban J connectivity index is 1.63. The first-order chi connectivity index (χ1) is 10.8. The minimum Gasteiger partial charge on any atom is -0.457 e. The molecule has 2 aromatic carbocycles. The monoisotopic (exact) mass is 293 g/mol. The minimum absolute atomic E-state index is 0.214. The van der Waals surface area contributed by atoms with Crippen LogP contribution in [0.3, 0.4) is 0 Å².